The van der Waals surface area contributed by atoms with Gasteiger partial charge in [0.25, 0.3) is 5.91 Å². The third-order valence-corrected chi connectivity index (χ3v) is 2.98. The van der Waals surface area contributed by atoms with Crippen LogP contribution in [0.3, 0.4) is 0 Å². The van der Waals surface area contributed by atoms with Gasteiger partial charge in [0, 0.05) is 12.4 Å². The van der Waals surface area contributed by atoms with Crippen LogP contribution in [0.2, 0.25) is 0 Å². The maximum atomic E-state index is 11.7. The Kier molecular flexibility index (Phi) is 2.34. The molecule has 18 heavy (non-hydrogen) atoms. The highest BCUT2D eigenvalue weighted by molar-refractivity contribution is 5.88. The lowest BCUT2D eigenvalue weighted by atomic mass is 9.97. The van der Waals surface area contributed by atoms with Crippen molar-refractivity contribution in [2.24, 2.45) is 5.73 Å². The second-order valence-electron chi connectivity index (χ2n) is 4.07. The SMILES string of the molecule is NC(=O)[C@]1(c2ccccn2)O[C@@H]1c1ccccn1. The van der Waals surface area contributed by atoms with Gasteiger partial charge < -0.3 is 10.5 Å². The predicted octanol–water partition coefficient (Wildman–Crippen LogP) is 0.929. The minimum absolute atomic E-state index is 0.453. The molecule has 2 atom stereocenters. The zero-order valence-corrected chi connectivity index (χ0v) is 9.48. The molecule has 0 saturated carbocycles. The number of aromatic nitrogens is 2. The Morgan fingerprint density at radius 2 is 1.89 bits per heavy atom. The number of carbonyl (C=O) groups is 1. The predicted molar refractivity (Wildman–Crippen MR) is 63.2 cm³/mol. The summed E-state index contributed by atoms with van der Waals surface area (Å²) in [6.07, 6.45) is 2.81. The monoisotopic (exact) mass is 241 g/mol. The Labute approximate surface area is 104 Å². The van der Waals surface area contributed by atoms with Gasteiger partial charge in [0.05, 0.1) is 11.4 Å². The van der Waals surface area contributed by atoms with Crippen LogP contribution >= 0.6 is 0 Å². The number of nitrogens with two attached hydrogens (primary N) is 1. The summed E-state index contributed by atoms with van der Waals surface area (Å²) in [4.78, 5) is 20.0. The molecule has 1 aliphatic heterocycles. The van der Waals surface area contributed by atoms with E-state index in [0.29, 0.717) is 11.4 Å². The van der Waals surface area contributed by atoms with Crippen LogP contribution in [-0.2, 0) is 15.1 Å². The van der Waals surface area contributed by atoms with Gasteiger partial charge in [-0.05, 0) is 24.3 Å². The molecule has 2 aromatic heterocycles. The lowest BCUT2D eigenvalue weighted by molar-refractivity contribution is -0.123. The van der Waals surface area contributed by atoms with Gasteiger partial charge >= 0.3 is 0 Å². The van der Waals surface area contributed by atoms with Gasteiger partial charge in [-0.25, -0.2) is 0 Å². The number of primary amides is 1. The van der Waals surface area contributed by atoms with Crippen molar-refractivity contribution in [2.75, 3.05) is 0 Å². The lowest BCUT2D eigenvalue weighted by Gasteiger charge is -2.07. The van der Waals surface area contributed by atoms with E-state index in [1.807, 2.05) is 6.07 Å². The van der Waals surface area contributed by atoms with Gasteiger partial charge in [0.1, 0.15) is 6.10 Å². The average Bonchev–Trinajstić information content (AvgIpc) is 3.18. The second-order valence-corrected chi connectivity index (χ2v) is 4.07. The number of nitrogens with zero attached hydrogens (tertiary/aromatic N) is 2. The lowest BCUT2D eigenvalue weighted by Crippen LogP contribution is -2.31. The third-order valence-electron chi connectivity index (χ3n) is 2.98. The fourth-order valence-corrected chi connectivity index (χ4v) is 2.04. The summed E-state index contributed by atoms with van der Waals surface area (Å²) in [7, 11) is 0. The maximum absolute atomic E-state index is 11.7. The van der Waals surface area contributed by atoms with Crippen molar-refractivity contribution in [2.45, 2.75) is 11.7 Å². The van der Waals surface area contributed by atoms with Gasteiger partial charge in [-0.2, -0.15) is 0 Å². The van der Waals surface area contributed by atoms with Crippen molar-refractivity contribution in [3.63, 3.8) is 0 Å². The van der Waals surface area contributed by atoms with Crippen LogP contribution < -0.4 is 5.73 Å². The molecule has 5 nitrogen and oxygen atoms in total. The Morgan fingerprint density at radius 1 is 1.17 bits per heavy atom. The quantitative estimate of drug-likeness (QED) is 0.810. The van der Waals surface area contributed by atoms with Crippen LogP contribution in [0.4, 0.5) is 0 Å². The topological polar surface area (TPSA) is 81.4 Å². The van der Waals surface area contributed by atoms with Crippen LogP contribution in [0.25, 0.3) is 0 Å². The average molecular weight is 241 g/mol. The number of hydrogen-bond donors (Lipinski definition) is 1. The number of epoxide rings is 1. The number of ether oxygens (including phenoxy) is 1. The molecule has 0 aliphatic carbocycles. The smallest absolute Gasteiger partial charge is 0.259 e. The van der Waals surface area contributed by atoms with E-state index in [4.69, 9.17) is 10.5 Å². The van der Waals surface area contributed by atoms with E-state index in [1.165, 1.54) is 0 Å². The first-order chi connectivity index (χ1) is 8.75. The van der Waals surface area contributed by atoms with Gasteiger partial charge in [-0.15, -0.1) is 0 Å². The van der Waals surface area contributed by atoms with E-state index in [1.54, 1.807) is 42.7 Å². The van der Waals surface area contributed by atoms with Gasteiger partial charge in [0.15, 0.2) is 0 Å². The molecular formula is C13H11N3O2. The van der Waals surface area contributed by atoms with Crippen LogP contribution in [0.15, 0.2) is 48.8 Å². The summed E-state index contributed by atoms with van der Waals surface area (Å²) in [6.45, 7) is 0. The molecule has 1 aliphatic rings. The fraction of sp³-hybridized carbons (Fsp3) is 0.154. The maximum Gasteiger partial charge on any atom is 0.259 e. The van der Waals surface area contributed by atoms with E-state index < -0.39 is 17.6 Å². The van der Waals surface area contributed by atoms with Gasteiger partial charge in [0.2, 0.25) is 5.60 Å². The van der Waals surface area contributed by atoms with Crippen LogP contribution in [0.1, 0.15) is 17.5 Å². The highest BCUT2D eigenvalue weighted by Gasteiger charge is 2.65. The molecule has 0 aromatic carbocycles. The standard InChI is InChI=1S/C13H11N3O2/c14-12(17)13(10-6-2-4-8-16-10)11(18-13)9-5-1-3-7-15-9/h1-8,11H,(H2,14,17)/t11-,13-/m1/s1. The van der Waals surface area contributed by atoms with Crippen LogP contribution in [0.5, 0.6) is 0 Å². The van der Waals surface area contributed by atoms with Gasteiger partial charge in [-0.3, -0.25) is 14.8 Å². The molecule has 0 unspecified atom stereocenters. The van der Waals surface area contributed by atoms with Crippen LogP contribution in [-0.4, -0.2) is 15.9 Å². The number of pyridine rings is 2. The molecule has 5 heteroatoms. The first-order valence-electron chi connectivity index (χ1n) is 5.55. The second kappa shape index (κ2) is 3.89. The van der Waals surface area contributed by atoms with E-state index in [0.717, 1.165) is 0 Å². The summed E-state index contributed by atoms with van der Waals surface area (Å²) < 4.78 is 5.54. The normalized spacial score (nSPS) is 25.7. The zero-order valence-electron chi connectivity index (χ0n) is 9.48. The highest BCUT2D eigenvalue weighted by Crippen LogP contribution is 2.55. The molecule has 2 aromatic rings. The largest absolute Gasteiger partial charge is 0.367 e. The molecule has 3 heterocycles. The molecule has 0 radical (unpaired) electrons. The molecule has 1 saturated heterocycles. The van der Waals surface area contributed by atoms with E-state index >= 15 is 0 Å². The molecule has 0 spiro atoms. The van der Waals surface area contributed by atoms with Crippen molar-refractivity contribution in [1.29, 1.82) is 0 Å². The number of hydrogen-bond acceptors (Lipinski definition) is 4. The Morgan fingerprint density at radius 3 is 2.44 bits per heavy atom. The Balaban J connectivity index is 2.01. The summed E-state index contributed by atoms with van der Waals surface area (Å²) >= 11 is 0. The number of carbonyl (C=O) groups excluding carboxylic acids is 1. The Hall–Kier alpha value is -2.27. The van der Waals surface area contributed by atoms with Gasteiger partial charge in [-0.1, -0.05) is 12.1 Å². The summed E-state index contributed by atoms with van der Waals surface area (Å²) in [5, 5.41) is 0. The van der Waals surface area contributed by atoms with E-state index in [-0.39, 0.29) is 0 Å². The van der Waals surface area contributed by atoms with Crippen molar-refractivity contribution < 1.29 is 9.53 Å². The van der Waals surface area contributed by atoms with Crippen molar-refractivity contribution in [3.05, 3.63) is 60.2 Å². The first-order valence-corrected chi connectivity index (χ1v) is 5.55. The highest BCUT2D eigenvalue weighted by atomic mass is 16.6. The van der Waals surface area contributed by atoms with E-state index in [9.17, 15) is 4.79 Å². The molecule has 3 rings (SSSR count). The minimum atomic E-state index is -1.17. The third kappa shape index (κ3) is 1.48. The van der Waals surface area contributed by atoms with Crippen molar-refractivity contribution >= 4 is 5.91 Å². The summed E-state index contributed by atoms with van der Waals surface area (Å²) in [5.41, 5.74) is 5.49. The first kappa shape index (κ1) is 10.9. The number of rotatable bonds is 3. The molecule has 1 amide bonds. The van der Waals surface area contributed by atoms with E-state index in [2.05, 4.69) is 9.97 Å². The zero-order chi connectivity index (χ0) is 12.6. The molecule has 2 N–H and O–H groups in total. The van der Waals surface area contributed by atoms with Crippen molar-refractivity contribution in [3.8, 4) is 0 Å². The Bertz CT molecular complexity index is 573. The van der Waals surface area contributed by atoms with Crippen molar-refractivity contribution in [1.82, 2.24) is 9.97 Å². The molecule has 1 fully saturated rings. The molecular weight excluding hydrogens is 230 g/mol. The molecule has 90 valence electrons. The fourth-order valence-electron chi connectivity index (χ4n) is 2.04. The number of amides is 1. The molecule has 0 bridgehead atoms. The summed E-state index contributed by atoms with van der Waals surface area (Å²) in [5.74, 6) is -0.545. The van der Waals surface area contributed by atoms with Crippen LogP contribution in [0, 0.1) is 0 Å². The summed E-state index contributed by atoms with van der Waals surface area (Å²) in [6, 6.07) is 10.7. The minimum Gasteiger partial charge on any atom is -0.367 e.